The molecule has 1 N–H and O–H groups in total. The first-order valence-electron chi connectivity index (χ1n) is 7.47. The van der Waals surface area contributed by atoms with Crippen LogP contribution < -0.4 is 10.3 Å². The predicted octanol–water partition coefficient (Wildman–Crippen LogP) is 2.74. The first-order chi connectivity index (χ1) is 11.2. The van der Waals surface area contributed by atoms with Crippen LogP contribution in [0, 0.1) is 11.3 Å². The summed E-state index contributed by atoms with van der Waals surface area (Å²) >= 11 is 0. The van der Waals surface area contributed by atoms with Gasteiger partial charge in [-0.3, -0.25) is 9.89 Å². The fourth-order valence-electron chi connectivity index (χ4n) is 2.30. The SMILES string of the molecule is CCCCOc1ccc(-c2cnc3c(C#N)c[nH]n3c2=O)cc1. The van der Waals surface area contributed by atoms with Crippen LogP contribution in [0.3, 0.4) is 0 Å². The number of fused-ring (bicyclic) bond motifs is 1. The van der Waals surface area contributed by atoms with Gasteiger partial charge in [-0.2, -0.15) is 9.78 Å². The molecule has 116 valence electrons. The molecule has 6 heteroatoms. The minimum Gasteiger partial charge on any atom is -0.494 e. The van der Waals surface area contributed by atoms with Crippen LogP contribution in [-0.2, 0) is 0 Å². The Morgan fingerprint density at radius 2 is 2.13 bits per heavy atom. The summed E-state index contributed by atoms with van der Waals surface area (Å²) < 4.78 is 6.89. The number of benzene rings is 1. The van der Waals surface area contributed by atoms with E-state index in [0.717, 1.165) is 24.2 Å². The monoisotopic (exact) mass is 308 g/mol. The second kappa shape index (κ2) is 6.36. The maximum atomic E-state index is 12.5. The van der Waals surface area contributed by atoms with Crippen molar-refractivity contribution in [3.8, 4) is 22.9 Å². The van der Waals surface area contributed by atoms with Crippen molar-refractivity contribution in [2.45, 2.75) is 19.8 Å². The van der Waals surface area contributed by atoms with Gasteiger partial charge in [0.2, 0.25) is 0 Å². The summed E-state index contributed by atoms with van der Waals surface area (Å²) in [6.07, 6.45) is 5.07. The maximum absolute atomic E-state index is 12.5. The van der Waals surface area contributed by atoms with Crippen LogP contribution in [0.25, 0.3) is 16.8 Å². The molecule has 2 heterocycles. The smallest absolute Gasteiger partial charge is 0.280 e. The van der Waals surface area contributed by atoms with E-state index in [1.807, 2.05) is 30.3 Å². The molecule has 0 amide bonds. The number of hydrogen-bond acceptors (Lipinski definition) is 4. The van der Waals surface area contributed by atoms with E-state index in [1.54, 1.807) is 0 Å². The Balaban J connectivity index is 1.93. The van der Waals surface area contributed by atoms with Gasteiger partial charge in [0.15, 0.2) is 5.65 Å². The lowest BCUT2D eigenvalue weighted by molar-refractivity contribution is 0.309. The first-order valence-corrected chi connectivity index (χ1v) is 7.47. The van der Waals surface area contributed by atoms with Crippen LogP contribution in [0.5, 0.6) is 5.75 Å². The van der Waals surface area contributed by atoms with Crippen LogP contribution in [0.2, 0.25) is 0 Å². The molecule has 1 aromatic carbocycles. The Labute approximate surface area is 133 Å². The summed E-state index contributed by atoms with van der Waals surface area (Å²) in [6.45, 7) is 2.80. The van der Waals surface area contributed by atoms with Crippen LogP contribution in [0.1, 0.15) is 25.3 Å². The van der Waals surface area contributed by atoms with Gasteiger partial charge in [0, 0.05) is 12.4 Å². The molecule has 0 spiro atoms. The minimum atomic E-state index is -0.240. The van der Waals surface area contributed by atoms with Gasteiger partial charge in [0.25, 0.3) is 5.56 Å². The van der Waals surface area contributed by atoms with Crippen LogP contribution >= 0.6 is 0 Å². The number of ether oxygens (including phenoxy) is 1. The molecule has 0 aliphatic rings. The highest BCUT2D eigenvalue weighted by Gasteiger charge is 2.11. The van der Waals surface area contributed by atoms with Gasteiger partial charge in [-0.15, -0.1) is 0 Å². The van der Waals surface area contributed by atoms with Crippen LogP contribution in [-0.4, -0.2) is 21.2 Å². The van der Waals surface area contributed by atoms with E-state index in [9.17, 15) is 4.79 Å². The summed E-state index contributed by atoms with van der Waals surface area (Å²) in [5.74, 6) is 0.781. The number of nitrogens with one attached hydrogen (secondary N) is 1. The van der Waals surface area contributed by atoms with Gasteiger partial charge in [0.05, 0.1) is 12.2 Å². The molecule has 0 unspecified atom stereocenters. The van der Waals surface area contributed by atoms with Crippen LogP contribution in [0.4, 0.5) is 0 Å². The number of unbranched alkanes of at least 4 members (excludes halogenated alkanes) is 1. The maximum Gasteiger partial charge on any atom is 0.280 e. The summed E-state index contributed by atoms with van der Waals surface area (Å²) in [7, 11) is 0. The highest BCUT2D eigenvalue weighted by Crippen LogP contribution is 2.20. The molecule has 6 nitrogen and oxygen atoms in total. The average Bonchev–Trinajstić information content (AvgIpc) is 3.00. The molecule has 2 aromatic heterocycles. The van der Waals surface area contributed by atoms with E-state index in [0.29, 0.717) is 23.4 Å². The molecule has 0 bridgehead atoms. The van der Waals surface area contributed by atoms with E-state index < -0.39 is 0 Å². The highest BCUT2D eigenvalue weighted by molar-refractivity contribution is 5.65. The third kappa shape index (κ3) is 2.81. The Hall–Kier alpha value is -3.07. The average molecular weight is 308 g/mol. The van der Waals surface area contributed by atoms with Gasteiger partial charge in [0.1, 0.15) is 17.4 Å². The number of nitrogens with zero attached hydrogens (tertiary/aromatic N) is 3. The van der Waals surface area contributed by atoms with Gasteiger partial charge in [-0.25, -0.2) is 4.98 Å². The number of H-pyrrole nitrogens is 1. The van der Waals surface area contributed by atoms with Crippen molar-refractivity contribution in [2.24, 2.45) is 0 Å². The Bertz CT molecular complexity index is 916. The number of rotatable bonds is 5. The molecular formula is C17H16N4O2. The van der Waals surface area contributed by atoms with Gasteiger partial charge in [-0.05, 0) is 24.1 Å². The lowest BCUT2D eigenvalue weighted by Crippen LogP contribution is -2.16. The molecule has 0 radical (unpaired) electrons. The zero-order chi connectivity index (χ0) is 16.2. The van der Waals surface area contributed by atoms with Crippen molar-refractivity contribution in [3.63, 3.8) is 0 Å². The summed E-state index contributed by atoms with van der Waals surface area (Å²) in [6, 6.07) is 9.35. The van der Waals surface area contributed by atoms with E-state index in [-0.39, 0.29) is 5.56 Å². The van der Waals surface area contributed by atoms with Crippen molar-refractivity contribution in [3.05, 3.63) is 52.6 Å². The Kier molecular flexibility index (Phi) is 4.11. The third-order valence-corrected chi connectivity index (χ3v) is 3.59. The third-order valence-electron chi connectivity index (χ3n) is 3.59. The summed E-state index contributed by atoms with van der Waals surface area (Å²) in [5, 5.41) is 11.7. The molecule has 0 atom stereocenters. The Morgan fingerprint density at radius 3 is 2.83 bits per heavy atom. The zero-order valence-electron chi connectivity index (χ0n) is 12.7. The van der Waals surface area contributed by atoms with Crippen LogP contribution in [0.15, 0.2) is 41.5 Å². The minimum absolute atomic E-state index is 0.240. The van der Waals surface area contributed by atoms with Crippen molar-refractivity contribution in [1.29, 1.82) is 5.26 Å². The molecule has 0 fully saturated rings. The molecule has 3 rings (SSSR count). The molecular weight excluding hydrogens is 292 g/mol. The molecule has 0 aliphatic carbocycles. The van der Waals surface area contributed by atoms with E-state index >= 15 is 0 Å². The van der Waals surface area contributed by atoms with Gasteiger partial charge >= 0.3 is 0 Å². The van der Waals surface area contributed by atoms with Crippen molar-refractivity contribution in [2.75, 3.05) is 6.61 Å². The van der Waals surface area contributed by atoms with Crippen molar-refractivity contribution >= 4 is 5.65 Å². The molecule has 3 aromatic rings. The molecule has 0 aliphatic heterocycles. The normalized spacial score (nSPS) is 10.6. The number of nitriles is 1. The first kappa shape index (κ1) is 14.9. The van der Waals surface area contributed by atoms with Crippen molar-refractivity contribution in [1.82, 2.24) is 14.6 Å². The predicted molar refractivity (Wildman–Crippen MR) is 86.4 cm³/mol. The quantitative estimate of drug-likeness (QED) is 0.735. The fraction of sp³-hybridized carbons (Fsp3) is 0.235. The van der Waals surface area contributed by atoms with Crippen molar-refractivity contribution < 1.29 is 4.74 Å². The topological polar surface area (TPSA) is 83.2 Å². The summed E-state index contributed by atoms with van der Waals surface area (Å²) in [4.78, 5) is 16.7. The number of aromatic nitrogens is 3. The van der Waals surface area contributed by atoms with E-state index in [2.05, 4.69) is 17.0 Å². The zero-order valence-corrected chi connectivity index (χ0v) is 12.7. The fourth-order valence-corrected chi connectivity index (χ4v) is 2.30. The standard InChI is InChI=1S/C17H16N4O2/c1-2-3-8-23-14-6-4-12(5-7-14)15-11-19-16-13(9-18)10-20-21(16)17(15)22/h4-7,10-11,20H,2-3,8H2,1H3. The largest absolute Gasteiger partial charge is 0.494 e. The molecule has 23 heavy (non-hydrogen) atoms. The second-order valence-electron chi connectivity index (χ2n) is 5.16. The lowest BCUT2D eigenvalue weighted by atomic mass is 10.1. The number of hydrogen-bond donors (Lipinski definition) is 1. The van der Waals surface area contributed by atoms with Gasteiger partial charge < -0.3 is 4.74 Å². The molecule has 0 saturated heterocycles. The Morgan fingerprint density at radius 1 is 1.35 bits per heavy atom. The highest BCUT2D eigenvalue weighted by atomic mass is 16.5. The van der Waals surface area contributed by atoms with Gasteiger partial charge in [-0.1, -0.05) is 25.5 Å². The molecule has 0 saturated carbocycles. The van der Waals surface area contributed by atoms with E-state index in [4.69, 9.17) is 10.00 Å². The lowest BCUT2D eigenvalue weighted by Gasteiger charge is -2.06. The summed E-state index contributed by atoms with van der Waals surface area (Å²) in [5.41, 5.74) is 1.66. The number of aromatic amines is 1. The second-order valence-corrected chi connectivity index (χ2v) is 5.16. The van der Waals surface area contributed by atoms with E-state index in [1.165, 1.54) is 16.9 Å².